The summed E-state index contributed by atoms with van der Waals surface area (Å²) in [5, 5.41) is 8.45. The monoisotopic (exact) mass is 278 g/mol. The summed E-state index contributed by atoms with van der Waals surface area (Å²) in [6, 6.07) is 0. The Morgan fingerprint density at radius 2 is 2.37 bits per heavy atom. The predicted molar refractivity (Wildman–Crippen MR) is 72.1 cm³/mol. The van der Waals surface area contributed by atoms with Gasteiger partial charge in [-0.1, -0.05) is 12.1 Å². The number of nitrogens with two attached hydrogens (primary N) is 1. The maximum absolute atomic E-state index is 12.3. The lowest BCUT2D eigenvalue weighted by Gasteiger charge is -2.17. The zero-order chi connectivity index (χ0) is 13.6. The van der Waals surface area contributed by atoms with Gasteiger partial charge < -0.3 is 5.73 Å². The van der Waals surface area contributed by atoms with Crippen molar-refractivity contribution in [2.45, 2.75) is 32.7 Å². The Labute approximate surface area is 113 Å². The molecule has 1 amide bonds. The lowest BCUT2D eigenvalue weighted by atomic mass is 9.89. The van der Waals surface area contributed by atoms with Gasteiger partial charge in [-0.2, -0.15) is 0 Å². The molecule has 100 valence electrons. The van der Waals surface area contributed by atoms with E-state index in [0.29, 0.717) is 16.1 Å². The molecule has 1 aliphatic rings. The molecule has 0 bridgehead atoms. The van der Waals surface area contributed by atoms with Gasteiger partial charge in [0.2, 0.25) is 5.91 Å². The molecule has 2 N–H and O–H groups in total. The van der Waals surface area contributed by atoms with Crippen LogP contribution in [0.1, 0.15) is 23.8 Å². The normalized spacial score (nSPS) is 18.5. The maximum Gasteiger partial charge on any atom is 0.279 e. The van der Waals surface area contributed by atoms with Crippen LogP contribution < -0.4 is 11.3 Å². The minimum Gasteiger partial charge on any atom is -0.368 e. The Hall–Kier alpha value is -1.76. The third-order valence-corrected chi connectivity index (χ3v) is 4.63. The molecular formula is C12H14N4O2S. The van der Waals surface area contributed by atoms with Crippen molar-refractivity contribution in [3.05, 3.63) is 20.8 Å². The predicted octanol–water partition coefficient (Wildman–Crippen LogP) is 0.463. The fourth-order valence-corrected chi connectivity index (χ4v) is 3.86. The highest BCUT2D eigenvalue weighted by molar-refractivity contribution is 7.18. The van der Waals surface area contributed by atoms with Crippen LogP contribution in [0.4, 0.5) is 0 Å². The highest BCUT2D eigenvalue weighted by atomic mass is 32.1. The van der Waals surface area contributed by atoms with Crippen LogP contribution in [-0.2, 0) is 24.2 Å². The van der Waals surface area contributed by atoms with Crippen molar-refractivity contribution < 1.29 is 4.79 Å². The van der Waals surface area contributed by atoms with Crippen LogP contribution in [0.2, 0.25) is 0 Å². The second kappa shape index (κ2) is 4.41. The molecule has 0 aliphatic heterocycles. The number of thiophene rings is 1. The first-order valence-electron chi connectivity index (χ1n) is 6.22. The number of hydrogen-bond donors (Lipinski definition) is 1. The van der Waals surface area contributed by atoms with Gasteiger partial charge in [0.05, 0.1) is 5.39 Å². The van der Waals surface area contributed by atoms with Gasteiger partial charge in [-0.3, -0.25) is 9.59 Å². The van der Waals surface area contributed by atoms with Gasteiger partial charge in [0.1, 0.15) is 6.54 Å². The lowest BCUT2D eigenvalue weighted by molar-refractivity contribution is -0.118. The first-order chi connectivity index (χ1) is 9.06. The molecule has 0 radical (unpaired) electrons. The SMILES string of the molecule is C[C@@H]1CCc2c(sc3nnn(CC(N)=O)c(=O)c23)C1. The first kappa shape index (κ1) is 12.3. The van der Waals surface area contributed by atoms with Crippen molar-refractivity contribution in [1.82, 2.24) is 15.0 Å². The van der Waals surface area contributed by atoms with E-state index in [0.717, 1.165) is 29.5 Å². The van der Waals surface area contributed by atoms with E-state index in [1.165, 1.54) is 4.88 Å². The van der Waals surface area contributed by atoms with E-state index in [9.17, 15) is 9.59 Å². The summed E-state index contributed by atoms with van der Waals surface area (Å²) >= 11 is 1.54. The second-order valence-corrected chi connectivity index (χ2v) is 6.13. The van der Waals surface area contributed by atoms with Gasteiger partial charge in [0.25, 0.3) is 5.56 Å². The summed E-state index contributed by atoms with van der Waals surface area (Å²) < 4.78 is 1.05. The lowest BCUT2D eigenvalue weighted by Crippen LogP contribution is -2.31. The molecule has 1 atom stereocenters. The van der Waals surface area contributed by atoms with Crippen LogP contribution in [-0.4, -0.2) is 20.9 Å². The number of nitrogens with zero attached hydrogens (tertiary/aromatic N) is 3. The molecular weight excluding hydrogens is 264 g/mol. The minimum absolute atomic E-state index is 0.219. The summed E-state index contributed by atoms with van der Waals surface area (Å²) in [5.41, 5.74) is 5.94. The molecule has 7 heteroatoms. The molecule has 0 spiro atoms. The van der Waals surface area contributed by atoms with E-state index in [2.05, 4.69) is 17.2 Å². The van der Waals surface area contributed by atoms with Gasteiger partial charge >= 0.3 is 0 Å². The fourth-order valence-electron chi connectivity index (χ4n) is 2.54. The quantitative estimate of drug-likeness (QED) is 0.864. The maximum atomic E-state index is 12.3. The molecule has 2 aromatic rings. The van der Waals surface area contributed by atoms with E-state index in [-0.39, 0.29) is 12.1 Å². The molecule has 3 rings (SSSR count). The topological polar surface area (TPSA) is 90.9 Å². The number of primary amides is 1. The average Bonchev–Trinajstić information content (AvgIpc) is 2.70. The molecule has 6 nitrogen and oxygen atoms in total. The van der Waals surface area contributed by atoms with Crippen LogP contribution in [0.3, 0.4) is 0 Å². The van der Waals surface area contributed by atoms with Gasteiger partial charge in [0.15, 0.2) is 4.83 Å². The molecule has 0 unspecified atom stereocenters. The average molecular weight is 278 g/mol. The number of carbonyl (C=O) groups excluding carboxylic acids is 1. The number of rotatable bonds is 2. The summed E-state index contributed by atoms with van der Waals surface area (Å²) in [4.78, 5) is 25.2. The third-order valence-electron chi connectivity index (χ3n) is 3.49. The van der Waals surface area contributed by atoms with Crippen molar-refractivity contribution in [2.75, 3.05) is 0 Å². The van der Waals surface area contributed by atoms with Crippen molar-refractivity contribution in [3.63, 3.8) is 0 Å². The molecule has 0 saturated carbocycles. The Bertz CT molecular complexity index is 718. The number of carbonyl (C=O) groups is 1. The Balaban J connectivity index is 2.20. The largest absolute Gasteiger partial charge is 0.368 e. The number of fused-ring (bicyclic) bond motifs is 3. The van der Waals surface area contributed by atoms with Gasteiger partial charge in [-0.25, -0.2) is 4.68 Å². The first-order valence-corrected chi connectivity index (χ1v) is 7.04. The summed E-state index contributed by atoms with van der Waals surface area (Å²) in [6.45, 7) is 1.99. The summed E-state index contributed by atoms with van der Waals surface area (Å²) in [5.74, 6) is 0.0508. The Kier molecular flexibility index (Phi) is 2.85. The van der Waals surface area contributed by atoms with Crippen LogP contribution >= 0.6 is 11.3 Å². The van der Waals surface area contributed by atoms with Crippen LogP contribution in [0, 0.1) is 5.92 Å². The smallest absolute Gasteiger partial charge is 0.279 e. The molecule has 0 saturated heterocycles. The number of amides is 1. The number of aromatic nitrogens is 3. The molecule has 2 heterocycles. The molecule has 19 heavy (non-hydrogen) atoms. The van der Waals surface area contributed by atoms with Gasteiger partial charge in [-0.15, -0.1) is 16.4 Å². The van der Waals surface area contributed by atoms with E-state index in [1.54, 1.807) is 11.3 Å². The summed E-state index contributed by atoms with van der Waals surface area (Å²) in [7, 11) is 0. The number of aryl methyl sites for hydroxylation is 1. The van der Waals surface area contributed by atoms with Crippen LogP contribution in [0.15, 0.2) is 4.79 Å². The van der Waals surface area contributed by atoms with Gasteiger partial charge in [-0.05, 0) is 30.7 Å². The number of hydrogen-bond acceptors (Lipinski definition) is 5. The molecule has 0 fully saturated rings. The molecule has 1 aliphatic carbocycles. The standard InChI is InChI=1S/C12H14N4O2S/c1-6-2-3-7-8(4-6)19-11-10(7)12(18)16(15-14-11)5-9(13)17/h6H,2-5H2,1H3,(H2,13,17)/t6-/m1/s1. The van der Waals surface area contributed by atoms with Crippen molar-refractivity contribution in [3.8, 4) is 0 Å². The van der Waals surface area contributed by atoms with E-state index < -0.39 is 5.91 Å². The summed E-state index contributed by atoms with van der Waals surface area (Å²) in [6.07, 6.45) is 2.97. The molecule has 2 aromatic heterocycles. The highest BCUT2D eigenvalue weighted by Crippen LogP contribution is 2.35. The van der Waals surface area contributed by atoms with E-state index >= 15 is 0 Å². The van der Waals surface area contributed by atoms with E-state index in [4.69, 9.17) is 5.73 Å². The zero-order valence-corrected chi connectivity index (χ0v) is 11.4. The highest BCUT2D eigenvalue weighted by Gasteiger charge is 2.23. The molecule has 0 aromatic carbocycles. The van der Waals surface area contributed by atoms with E-state index in [1.807, 2.05) is 0 Å². The van der Waals surface area contributed by atoms with Crippen LogP contribution in [0.25, 0.3) is 10.2 Å². The fraction of sp³-hybridized carbons (Fsp3) is 0.500. The minimum atomic E-state index is -0.589. The zero-order valence-electron chi connectivity index (χ0n) is 10.5. The van der Waals surface area contributed by atoms with Crippen LogP contribution in [0.5, 0.6) is 0 Å². The van der Waals surface area contributed by atoms with Crippen molar-refractivity contribution in [2.24, 2.45) is 11.7 Å². The Morgan fingerprint density at radius 3 is 3.11 bits per heavy atom. The Morgan fingerprint density at radius 1 is 1.58 bits per heavy atom. The third kappa shape index (κ3) is 2.03. The van der Waals surface area contributed by atoms with Crippen molar-refractivity contribution in [1.29, 1.82) is 0 Å². The van der Waals surface area contributed by atoms with Gasteiger partial charge in [0, 0.05) is 4.88 Å². The second-order valence-electron chi connectivity index (χ2n) is 5.05. The van der Waals surface area contributed by atoms with Crippen molar-refractivity contribution >= 4 is 27.5 Å².